The normalized spacial score (nSPS) is 22.4. The third-order valence-corrected chi connectivity index (χ3v) is 3.27. The molecule has 0 saturated carbocycles. The maximum absolute atomic E-state index is 6.07. The van der Waals surface area contributed by atoms with E-state index in [0.29, 0.717) is 6.04 Å². The molecular formula is C14H21NO. The van der Waals surface area contributed by atoms with E-state index >= 15 is 0 Å². The highest BCUT2D eigenvalue weighted by Gasteiger charge is 2.33. The molecule has 0 aromatic heterocycles. The molecule has 1 aromatic rings. The van der Waals surface area contributed by atoms with Crippen LogP contribution in [0.25, 0.3) is 0 Å². The lowest BCUT2D eigenvalue weighted by atomic mass is 9.87. The van der Waals surface area contributed by atoms with Crippen LogP contribution in [-0.4, -0.2) is 12.6 Å². The number of nitrogens with one attached hydrogen (secondary N) is 1. The monoisotopic (exact) mass is 219 g/mol. The average molecular weight is 219 g/mol. The third kappa shape index (κ3) is 1.94. The molecule has 0 radical (unpaired) electrons. The molecule has 1 aromatic carbocycles. The predicted molar refractivity (Wildman–Crippen MR) is 67.0 cm³/mol. The van der Waals surface area contributed by atoms with Crippen molar-refractivity contribution in [2.24, 2.45) is 0 Å². The molecule has 2 nitrogen and oxygen atoms in total. The van der Waals surface area contributed by atoms with Crippen molar-refractivity contribution < 1.29 is 4.74 Å². The fraction of sp³-hybridized carbons (Fsp3) is 0.571. The van der Waals surface area contributed by atoms with Gasteiger partial charge in [-0.25, -0.2) is 0 Å². The lowest BCUT2D eigenvalue weighted by molar-refractivity contribution is 0.0672. The van der Waals surface area contributed by atoms with Crippen LogP contribution in [0.3, 0.4) is 0 Å². The Hall–Kier alpha value is -1.02. The van der Waals surface area contributed by atoms with Crippen LogP contribution >= 0.6 is 0 Å². The SMILES string of the molecule is CNC1CC(C)(C)Oc2cc(C)cc(C)c21. The number of hydrogen-bond acceptors (Lipinski definition) is 2. The van der Waals surface area contributed by atoms with Crippen molar-refractivity contribution in [3.63, 3.8) is 0 Å². The Morgan fingerprint density at radius 1 is 1.31 bits per heavy atom. The van der Waals surface area contributed by atoms with Gasteiger partial charge >= 0.3 is 0 Å². The Kier molecular flexibility index (Phi) is 2.70. The van der Waals surface area contributed by atoms with Crippen LogP contribution in [0, 0.1) is 13.8 Å². The van der Waals surface area contributed by atoms with Gasteiger partial charge in [-0.2, -0.15) is 0 Å². The second-order valence-corrected chi connectivity index (χ2v) is 5.40. The van der Waals surface area contributed by atoms with Gasteiger partial charge < -0.3 is 10.1 Å². The highest BCUT2D eigenvalue weighted by Crippen LogP contribution is 2.41. The minimum atomic E-state index is -0.0824. The molecule has 0 spiro atoms. The second kappa shape index (κ2) is 3.77. The van der Waals surface area contributed by atoms with E-state index in [4.69, 9.17) is 4.74 Å². The number of hydrogen-bond donors (Lipinski definition) is 1. The largest absolute Gasteiger partial charge is 0.487 e. The second-order valence-electron chi connectivity index (χ2n) is 5.40. The van der Waals surface area contributed by atoms with Crippen LogP contribution in [0.1, 0.15) is 43.0 Å². The fourth-order valence-corrected chi connectivity index (χ4v) is 2.65. The van der Waals surface area contributed by atoms with E-state index in [-0.39, 0.29) is 5.60 Å². The van der Waals surface area contributed by atoms with Gasteiger partial charge in [0.2, 0.25) is 0 Å². The summed E-state index contributed by atoms with van der Waals surface area (Å²) in [5.41, 5.74) is 3.84. The van der Waals surface area contributed by atoms with Crippen LogP contribution in [0.5, 0.6) is 5.75 Å². The average Bonchev–Trinajstić information content (AvgIpc) is 2.13. The summed E-state index contributed by atoms with van der Waals surface area (Å²) in [5.74, 6) is 1.05. The first-order valence-corrected chi connectivity index (χ1v) is 5.90. The van der Waals surface area contributed by atoms with Crippen molar-refractivity contribution in [2.75, 3.05) is 7.05 Å². The summed E-state index contributed by atoms with van der Waals surface area (Å²) in [6.07, 6.45) is 1.01. The summed E-state index contributed by atoms with van der Waals surface area (Å²) in [7, 11) is 2.02. The van der Waals surface area contributed by atoms with Crippen LogP contribution < -0.4 is 10.1 Å². The van der Waals surface area contributed by atoms with Crippen molar-refractivity contribution in [2.45, 2.75) is 45.8 Å². The Labute approximate surface area is 98.0 Å². The van der Waals surface area contributed by atoms with Gasteiger partial charge in [-0.3, -0.25) is 0 Å². The molecular weight excluding hydrogens is 198 g/mol. The van der Waals surface area contributed by atoms with Gasteiger partial charge in [-0.15, -0.1) is 0 Å². The van der Waals surface area contributed by atoms with E-state index < -0.39 is 0 Å². The molecule has 1 aliphatic rings. The predicted octanol–water partition coefficient (Wildman–Crippen LogP) is 3.13. The topological polar surface area (TPSA) is 21.3 Å². The first-order chi connectivity index (χ1) is 7.43. The third-order valence-electron chi connectivity index (χ3n) is 3.27. The zero-order valence-corrected chi connectivity index (χ0v) is 10.8. The Bertz CT molecular complexity index is 409. The molecule has 2 rings (SSSR count). The van der Waals surface area contributed by atoms with Gasteiger partial charge in [0.1, 0.15) is 11.4 Å². The van der Waals surface area contributed by atoms with Gasteiger partial charge in [-0.05, 0) is 51.9 Å². The van der Waals surface area contributed by atoms with Crippen LogP contribution in [-0.2, 0) is 0 Å². The number of aryl methyl sites for hydroxylation is 2. The van der Waals surface area contributed by atoms with E-state index in [1.807, 2.05) is 7.05 Å². The Morgan fingerprint density at radius 3 is 2.62 bits per heavy atom. The van der Waals surface area contributed by atoms with Gasteiger partial charge in [0, 0.05) is 18.0 Å². The van der Waals surface area contributed by atoms with E-state index in [9.17, 15) is 0 Å². The Balaban J connectivity index is 2.54. The van der Waals surface area contributed by atoms with Crippen molar-refractivity contribution in [1.29, 1.82) is 0 Å². The molecule has 1 atom stereocenters. The summed E-state index contributed by atoms with van der Waals surface area (Å²) in [5, 5.41) is 3.40. The highest BCUT2D eigenvalue weighted by atomic mass is 16.5. The van der Waals surface area contributed by atoms with Crippen molar-refractivity contribution in [1.82, 2.24) is 5.32 Å². The molecule has 16 heavy (non-hydrogen) atoms. The van der Waals surface area contributed by atoms with E-state index in [2.05, 4.69) is 45.1 Å². The van der Waals surface area contributed by atoms with E-state index in [0.717, 1.165) is 12.2 Å². The molecule has 0 fully saturated rings. The van der Waals surface area contributed by atoms with Gasteiger partial charge in [0.15, 0.2) is 0 Å². The van der Waals surface area contributed by atoms with E-state index in [1.165, 1.54) is 16.7 Å². The summed E-state index contributed by atoms with van der Waals surface area (Å²) in [6, 6.07) is 4.78. The lowest BCUT2D eigenvalue weighted by Gasteiger charge is -2.38. The van der Waals surface area contributed by atoms with Crippen LogP contribution in [0.2, 0.25) is 0 Å². The number of benzene rings is 1. The summed E-state index contributed by atoms with van der Waals surface area (Å²) < 4.78 is 6.07. The van der Waals surface area contributed by atoms with Crippen LogP contribution in [0.15, 0.2) is 12.1 Å². The molecule has 1 heterocycles. The van der Waals surface area contributed by atoms with Crippen molar-refractivity contribution in [3.05, 3.63) is 28.8 Å². The highest BCUT2D eigenvalue weighted by molar-refractivity contribution is 5.46. The summed E-state index contributed by atoms with van der Waals surface area (Å²) in [4.78, 5) is 0. The molecule has 1 N–H and O–H groups in total. The fourth-order valence-electron chi connectivity index (χ4n) is 2.65. The van der Waals surface area contributed by atoms with Gasteiger partial charge in [-0.1, -0.05) is 6.07 Å². The van der Waals surface area contributed by atoms with Gasteiger partial charge in [0.25, 0.3) is 0 Å². The number of fused-ring (bicyclic) bond motifs is 1. The lowest BCUT2D eigenvalue weighted by Crippen LogP contribution is -2.39. The number of rotatable bonds is 1. The molecule has 88 valence electrons. The minimum Gasteiger partial charge on any atom is -0.487 e. The van der Waals surface area contributed by atoms with Crippen LogP contribution in [0.4, 0.5) is 0 Å². The summed E-state index contributed by atoms with van der Waals surface area (Å²) >= 11 is 0. The smallest absolute Gasteiger partial charge is 0.125 e. The zero-order valence-electron chi connectivity index (χ0n) is 10.8. The molecule has 0 amide bonds. The minimum absolute atomic E-state index is 0.0824. The molecule has 1 aliphatic heterocycles. The van der Waals surface area contributed by atoms with Gasteiger partial charge in [0.05, 0.1) is 0 Å². The standard InChI is InChI=1S/C14H21NO/c1-9-6-10(2)13-11(15-5)8-14(3,4)16-12(13)7-9/h6-7,11,15H,8H2,1-5H3. The quantitative estimate of drug-likeness (QED) is 0.783. The van der Waals surface area contributed by atoms with E-state index in [1.54, 1.807) is 0 Å². The molecule has 0 saturated heterocycles. The number of ether oxygens (including phenoxy) is 1. The molecule has 1 unspecified atom stereocenters. The maximum Gasteiger partial charge on any atom is 0.125 e. The van der Waals surface area contributed by atoms with Crippen molar-refractivity contribution >= 4 is 0 Å². The first-order valence-electron chi connectivity index (χ1n) is 5.90. The summed E-state index contributed by atoms with van der Waals surface area (Å²) in [6.45, 7) is 8.58. The van der Waals surface area contributed by atoms with Crippen molar-refractivity contribution in [3.8, 4) is 5.75 Å². The molecule has 0 aliphatic carbocycles. The first kappa shape index (κ1) is 11.5. The molecule has 2 heteroatoms. The Morgan fingerprint density at radius 2 is 2.00 bits per heavy atom. The zero-order chi connectivity index (χ0) is 11.9. The maximum atomic E-state index is 6.07. The molecule has 0 bridgehead atoms.